The molecule has 0 aliphatic heterocycles. The molecule has 1 fully saturated rings. The topological polar surface area (TPSA) is 69.4 Å². The molecule has 5 nitrogen and oxygen atoms in total. The van der Waals surface area contributed by atoms with E-state index in [9.17, 15) is 0 Å². The monoisotopic (exact) mass is 267 g/mol. The number of para-hydroxylation sites is 1. The van der Waals surface area contributed by atoms with Gasteiger partial charge in [-0.1, -0.05) is 19.1 Å². The predicted octanol–water partition coefficient (Wildman–Crippen LogP) is 3.47. The zero-order chi connectivity index (χ0) is 13.5. The molecule has 1 aliphatic rings. The van der Waals surface area contributed by atoms with Gasteiger partial charge in [0.25, 0.3) is 0 Å². The van der Waals surface area contributed by atoms with Crippen LogP contribution in [-0.2, 0) is 6.42 Å². The first-order valence-corrected chi connectivity index (χ1v) is 7.14. The lowest BCUT2D eigenvalue weighted by molar-refractivity contribution is 0.969. The molecule has 0 saturated heterocycles. The largest absolute Gasteiger partial charge is 0.328 e. The average molecular weight is 267 g/mol. The van der Waals surface area contributed by atoms with E-state index in [-0.39, 0.29) is 0 Å². The van der Waals surface area contributed by atoms with Gasteiger partial charge in [-0.05, 0) is 31.4 Å². The Bertz CT molecular complexity index is 751. The Morgan fingerprint density at radius 3 is 2.95 bits per heavy atom. The first kappa shape index (κ1) is 11.5. The molecular formula is C15H17N5. The molecule has 3 aromatic rings. The van der Waals surface area contributed by atoms with E-state index >= 15 is 0 Å². The molecule has 0 spiro atoms. The fourth-order valence-electron chi connectivity index (χ4n) is 2.62. The molecule has 0 bridgehead atoms. The van der Waals surface area contributed by atoms with E-state index in [1.54, 1.807) is 0 Å². The smallest absolute Gasteiger partial charge is 0.206 e. The van der Waals surface area contributed by atoms with Crippen LogP contribution < -0.4 is 5.32 Å². The van der Waals surface area contributed by atoms with Gasteiger partial charge in [-0.25, -0.2) is 4.98 Å². The fourth-order valence-corrected chi connectivity index (χ4v) is 2.62. The number of H-pyrrole nitrogens is 2. The predicted molar refractivity (Wildman–Crippen MR) is 79.3 cm³/mol. The van der Waals surface area contributed by atoms with E-state index in [1.807, 2.05) is 24.3 Å². The van der Waals surface area contributed by atoms with E-state index in [0.29, 0.717) is 5.92 Å². The zero-order valence-electron chi connectivity index (χ0n) is 11.4. The van der Waals surface area contributed by atoms with Crippen molar-refractivity contribution in [2.24, 2.45) is 0 Å². The van der Waals surface area contributed by atoms with Crippen LogP contribution in [0, 0.1) is 0 Å². The van der Waals surface area contributed by atoms with Crippen LogP contribution in [0.2, 0.25) is 0 Å². The van der Waals surface area contributed by atoms with Crippen LogP contribution in [0.4, 0.5) is 11.8 Å². The number of hydrogen-bond donors (Lipinski definition) is 3. The standard InChI is InChI=1S/C15H17N5/c1-2-11-13(9-7-8-9)17-15(16-11)18-14-10-5-3-4-6-12(10)19-20-14/h3-6,9H,2,7-8H2,1H3,(H3,16,17,18,19,20). The molecule has 1 aromatic carbocycles. The van der Waals surface area contributed by atoms with Gasteiger partial charge < -0.3 is 10.3 Å². The number of aromatic amines is 2. The summed E-state index contributed by atoms with van der Waals surface area (Å²) in [6, 6.07) is 8.07. The Hall–Kier alpha value is -2.30. The maximum absolute atomic E-state index is 4.70. The number of rotatable bonds is 4. The van der Waals surface area contributed by atoms with Crippen molar-refractivity contribution in [3.8, 4) is 0 Å². The van der Waals surface area contributed by atoms with Gasteiger partial charge in [0.1, 0.15) is 0 Å². The molecule has 1 aliphatic carbocycles. The van der Waals surface area contributed by atoms with E-state index < -0.39 is 0 Å². The highest BCUT2D eigenvalue weighted by Gasteiger charge is 2.29. The maximum atomic E-state index is 4.70. The summed E-state index contributed by atoms with van der Waals surface area (Å²) >= 11 is 0. The molecule has 2 aromatic heterocycles. The quantitative estimate of drug-likeness (QED) is 0.678. The molecule has 0 atom stereocenters. The second-order valence-electron chi connectivity index (χ2n) is 5.32. The lowest BCUT2D eigenvalue weighted by atomic mass is 10.2. The van der Waals surface area contributed by atoms with Crippen molar-refractivity contribution in [3.63, 3.8) is 0 Å². The molecule has 102 valence electrons. The highest BCUT2D eigenvalue weighted by molar-refractivity contribution is 5.90. The molecule has 4 rings (SSSR count). The number of nitrogens with one attached hydrogen (secondary N) is 3. The van der Waals surface area contributed by atoms with Crippen LogP contribution in [0.15, 0.2) is 24.3 Å². The van der Waals surface area contributed by atoms with E-state index in [0.717, 1.165) is 29.1 Å². The van der Waals surface area contributed by atoms with Crippen LogP contribution >= 0.6 is 0 Å². The molecular weight excluding hydrogens is 250 g/mol. The summed E-state index contributed by atoms with van der Waals surface area (Å²) in [5.41, 5.74) is 3.50. The molecule has 1 saturated carbocycles. The van der Waals surface area contributed by atoms with Gasteiger partial charge in [-0.3, -0.25) is 5.10 Å². The van der Waals surface area contributed by atoms with Gasteiger partial charge in [-0.15, -0.1) is 0 Å². The number of benzene rings is 1. The van der Waals surface area contributed by atoms with Gasteiger partial charge in [0.05, 0.1) is 11.2 Å². The first-order valence-electron chi connectivity index (χ1n) is 7.14. The molecule has 3 N–H and O–H groups in total. The first-order chi connectivity index (χ1) is 9.85. The SMILES string of the molecule is CCc1[nH]c(Nc2n[nH]c3ccccc23)nc1C1CC1. The normalized spacial score (nSPS) is 14.8. The van der Waals surface area contributed by atoms with Crippen molar-refractivity contribution in [1.82, 2.24) is 20.2 Å². The van der Waals surface area contributed by atoms with Crippen molar-refractivity contribution >= 4 is 22.7 Å². The van der Waals surface area contributed by atoms with Crippen LogP contribution in [0.5, 0.6) is 0 Å². The number of imidazole rings is 1. The number of fused-ring (bicyclic) bond motifs is 1. The maximum Gasteiger partial charge on any atom is 0.206 e. The third kappa shape index (κ3) is 1.86. The van der Waals surface area contributed by atoms with Crippen LogP contribution in [0.25, 0.3) is 10.9 Å². The second kappa shape index (κ2) is 4.37. The van der Waals surface area contributed by atoms with Crippen LogP contribution in [0.1, 0.15) is 37.1 Å². The summed E-state index contributed by atoms with van der Waals surface area (Å²) in [4.78, 5) is 8.08. The van der Waals surface area contributed by atoms with Crippen molar-refractivity contribution in [3.05, 3.63) is 35.7 Å². The highest BCUT2D eigenvalue weighted by Crippen LogP contribution is 2.41. The van der Waals surface area contributed by atoms with Gasteiger partial charge in [0.2, 0.25) is 5.95 Å². The lowest BCUT2D eigenvalue weighted by Crippen LogP contribution is -1.93. The molecule has 2 heterocycles. The fraction of sp³-hybridized carbons (Fsp3) is 0.333. The van der Waals surface area contributed by atoms with E-state index in [2.05, 4.69) is 27.4 Å². The highest BCUT2D eigenvalue weighted by atomic mass is 15.2. The minimum atomic E-state index is 0.660. The zero-order valence-corrected chi connectivity index (χ0v) is 11.4. The average Bonchev–Trinajstić information content (AvgIpc) is 3.13. The van der Waals surface area contributed by atoms with E-state index in [4.69, 9.17) is 4.98 Å². The third-order valence-electron chi connectivity index (χ3n) is 3.84. The summed E-state index contributed by atoms with van der Waals surface area (Å²) in [6.07, 6.45) is 3.52. The summed E-state index contributed by atoms with van der Waals surface area (Å²) < 4.78 is 0. The minimum absolute atomic E-state index is 0.660. The molecule has 20 heavy (non-hydrogen) atoms. The summed E-state index contributed by atoms with van der Waals surface area (Å²) in [6.45, 7) is 2.16. The number of nitrogens with zero attached hydrogens (tertiary/aromatic N) is 2. The summed E-state index contributed by atoms with van der Waals surface area (Å²) in [5, 5.41) is 11.7. The number of aromatic nitrogens is 4. The Kier molecular flexibility index (Phi) is 2.52. The molecule has 5 heteroatoms. The van der Waals surface area contributed by atoms with Crippen LogP contribution in [0.3, 0.4) is 0 Å². The molecule has 0 radical (unpaired) electrons. The van der Waals surface area contributed by atoms with Crippen molar-refractivity contribution in [2.45, 2.75) is 32.1 Å². The Labute approximate surface area is 116 Å². The minimum Gasteiger partial charge on any atom is -0.328 e. The molecule has 0 unspecified atom stereocenters. The summed E-state index contributed by atoms with van der Waals surface area (Å²) in [7, 11) is 0. The Morgan fingerprint density at radius 1 is 1.30 bits per heavy atom. The van der Waals surface area contributed by atoms with Crippen molar-refractivity contribution < 1.29 is 0 Å². The van der Waals surface area contributed by atoms with E-state index in [1.165, 1.54) is 24.2 Å². The van der Waals surface area contributed by atoms with Crippen molar-refractivity contribution in [2.75, 3.05) is 5.32 Å². The third-order valence-corrected chi connectivity index (χ3v) is 3.84. The van der Waals surface area contributed by atoms with Gasteiger partial charge >= 0.3 is 0 Å². The Morgan fingerprint density at radius 2 is 2.15 bits per heavy atom. The number of aryl methyl sites for hydroxylation is 1. The summed E-state index contributed by atoms with van der Waals surface area (Å²) in [5.74, 6) is 2.27. The second-order valence-corrected chi connectivity index (χ2v) is 5.32. The lowest BCUT2D eigenvalue weighted by Gasteiger charge is -1.98. The van der Waals surface area contributed by atoms with Gasteiger partial charge in [0, 0.05) is 17.0 Å². The number of anilines is 2. The van der Waals surface area contributed by atoms with Gasteiger partial charge in [0.15, 0.2) is 5.82 Å². The van der Waals surface area contributed by atoms with Crippen molar-refractivity contribution in [1.29, 1.82) is 0 Å². The Balaban J connectivity index is 1.68. The molecule has 0 amide bonds. The van der Waals surface area contributed by atoms with Crippen LogP contribution in [-0.4, -0.2) is 20.2 Å². The number of hydrogen-bond acceptors (Lipinski definition) is 3. The van der Waals surface area contributed by atoms with Gasteiger partial charge in [-0.2, -0.15) is 5.10 Å².